The van der Waals surface area contributed by atoms with Gasteiger partial charge in [-0.25, -0.2) is 0 Å². The normalized spacial score (nSPS) is 16.0. The van der Waals surface area contributed by atoms with E-state index in [1.54, 1.807) is 11.8 Å². The molecule has 152 valence electrons. The molecule has 0 unspecified atom stereocenters. The Balaban J connectivity index is 1.55. The summed E-state index contributed by atoms with van der Waals surface area (Å²) >= 11 is 1.63. The zero-order chi connectivity index (χ0) is 21.3. The van der Waals surface area contributed by atoms with E-state index in [2.05, 4.69) is 18.3 Å². The molecule has 0 aliphatic carbocycles. The van der Waals surface area contributed by atoms with Gasteiger partial charge in [-0.05, 0) is 61.7 Å². The van der Waals surface area contributed by atoms with E-state index in [4.69, 9.17) is 0 Å². The number of carbonyl (C=O) groups excluding carboxylic acids is 2. The zero-order valence-electron chi connectivity index (χ0n) is 17.3. The summed E-state index contributed by atoms with van der Waals surface area (Å²) in [5.74, 6) is 0.459. The topological polar surface area (TPSA) is 49.4 Å². The van der Waals surface area contributed by atoms with E-state index >= 15 is 0 Å². The Morgan fingerprint density at radius 2 is 1.70 bits per heavy atom. The number of aryl methyl sites for hydroxylation is 3. The quantitative estimate of drug-likeness (QED) is 0.598. The summed E-state index contributed by atoms with van der Waals surface area (Å²) in [5, 5.41) is 2.89. The summed E-state index contributed by atoms with van der Waals surface area (Å²) < 4.78 is 0. The van der Waals surface area contributed by atoms with Crippen molar-refractivity contribution in [3.63, 3.8) is 0 Å². The second-order valence-electron chi connectivity index (χ2n) is 7.61. The number of hydrogen-bond donors (Lipinski definition) is 1. The van der Waals surface area contributed by atoms with Crippen LogP contribution in [0.1, 0.15) is 38.0 Å². The van der Waals surface area contributed by atoms with E-state index in [1.807, 2.05) is 79.4 Å². The molecule has 4 nitrogen and oxygen atoms in total. The lowest BCUT2D eigenvalue weighted by Crippen LogP contribution is -2.28. The van der Waals surface area contributed by atoms with Gasteiger partial charge in [-0.15, -0.1) is 11.8 Å². The monoisotopic (exact) mass is 416 g/mol. The third-order valence-corrected chi connectivity index (χ3v) is 6.54. The van der Waals surface area contributed by atoms with Crippen molar-refractivity contribution in [1.29, 1.82) is 0 Å². The second-order valence-corrected chi connectivity index (χ2v) is 8.68. The summed E-state index contributed by atoms with van der Waals surface area (Å²) in [5.41, 5.74) is 6.62. The Morgan fingerprint density at radius 1 is 0.967 bits per heavy atom. The van der Waals surface area contributed by atoms with Gasteiger partial charge in [-0.3, -0.25) is 14.5 Å². The molecule has 1 heterocycles. The van der Waals surface area contributed by atoms with Crippen LogP contribution in [0.3, 0.4) is 0 Å². The number of nitrogens with one attached hydrogen (secondary N) is 1. The number of thioether (sulfide) groups is 1. The summed E-state index contributed by atoms with van der Waals surface area (Å²) in [6, 6.07) is 21.5. The predicted molar refractivity (Wildman–Crippen MR) is 124 cm³/mol. The van der Waals surface area contributed by atoms with Crippen LogP contribution in [0.2, 0.25) is 0 Å². The van der Waals surface area contributed by atoms with Crippen LogP contribution in [0.4, 0.5) is 11.4 Å². The molecule has 30 heavy (non-hydrogen) atoms. The molecular formula is C25H24N2O2S. The standard InChI is InChI=1S/C25H24N2O2S/c1-16-8-13-22(18(3)14-16)27-23(28)15-30-25(27)19-9-11-20(12-10-19)26-24(29)21-7-5-4-6-17(21)2/h4-14,25H,15H2,1-3H3,(H,26,29)/t25-/m0/s1. The van der Waals surface area contributed by atoms with E-state index in [0.717, 1.165) is 28.1 Å². The molecule has 2 amide bonds. The molecule has 1 atom stereocenters. The van der Waals surface area contributed by atoms with Gasteiger partial charge >= 0.3 is 0 Å². The number of nitrogens with zero attached hydrogens (tertiary/aromatic N) is 1. The predicted octanol–water partition coefficient (Wildman–Crippen LogP) is 5.64. The minimum Gasteiger partial charge on any atom is -0.322 e. The number of carbonyl (C=O) groups is 2. The summed E-state index contributed by atoms with van der Waals surface area (Å²) in [6.07, 6.45) is 0. The van der Waals surface area contributed by atoms with Gasteiger partial charge in [0.25, 0.3) is 5.91 Å². The molecule has 3 aromatic carbocycles. The third kappa shape index (κ3) is 3.98. The molecule has 1 saturated heterocycles. The van der Waals surface area contributed by atoms with Gasteiger partial charge in [0.1, 0.15) is 5.37 Å². The van der Waals surface area contributed by atoms with E-state index in [-0.39, 0.29) is 17.2 Å². The number of anilines is 2. The molecule has 0 spiro atoms. The maximum absolute atomic E-state index is 12.6. The van der Waals surface area contributed by atoms with E-state index in [9.17, 15) is 9.59 Å². The van der Waals surface area contributed by atoms with Crippen LogP contribution in [0, 0.1) is 20.8 Å². The van der Waals surface area contributed by atoms with Gasteiger partial charge in [0.05, 0.1) is 5.75 Å². The lowest BCUT2D eigenvalue weighted by atomic mass is 10.1. The van der Waals surface area contributed by atoms with Crippen LogP contribution in [0.25, 0.3) is 0 Å². The lowest BCUT2D eigenvalue weighted by molar-refractivity contribution is -0.115. The van der Waals surface area contributed by atoms with Crippen LogP contribution in [0.5, 0.6) is 0 Å². The van der Waals surface area contributed by atoms with Gasteiger partial charge in [-0.2, -0.15) is 0 Å². The second kappa shape index (κ2) is 8.36. The SMILES string of the molecule is Cc1ccc(N2C(=O)CS[C@H]2c2ccc(NC(=O)c3ccccc3C)cc2)c(C)c1. The minimum absolute atomic E-state index is 0.0694. The molecule has 1 N–H and O–H groups in total. The van der Waals surface area contributed by atoms with E-state index in [1.165, 1.54) is 5.56 Å². The van der Waals surface area contributed by atoms with Crippen LogP contribution in [-0.2, 0) is 4.79 Å². The van der Waals surface area contributed by atoms with Gasteiger partial charge < -0.3 is 5.32 Å². The maximum atomic E-state index is 12.6. The fourth-order valence-electron chi connectivity index (χ4n) is 3.76. The molecule has 0 bridgehead atoms. The van der Waals surface area contributed by atoms with Crippen molar-refractivity contribution in [1.82, 2.24) is 0 Å². The van der Waals surface area contributed by atoms with E-state index in [0.29, 0.717) is 11.3 Å². The fourth-order valence-corrected chi connectivity index (χ4v) is 4.93. The average Bonchev–Trinajstić information content (AvgIpc) is 3.10. The minimum atomic E-state index is -0.122. The Morgan fingerprint density at radius 3 is 2.40 bits per heavy atom. The van der Waals surface area contributed by atoms with Crippen LogP contribution >= 0.6 is 11.8 Å². The first kappa shape index (κ1) is 20.2. The van der Waals surface area contributed by atoms with Crippen LogP contribution in [0.15, 0.2) is 66.7 Å². The largest absolute Gasteiger partial charge is 0.322 e. The Kier molecular flexibility index (Phi) is 5.64. The smallest absolute Gasteiger partial charge is 0.255 e. The molecule has 3 aromatic rings. The number of hydrogen-bond acceptors (Lipinski definition) is 3. The highest BCUT2D eigenvalue weighted by molar-refractivity contribution is 8.00. The molecule has 1 aliphatic heterocycles. The summed E-state index contributed by atoms with van der Waals surface area (Å²) in [7, 11) is 0. The Labute approximate surface area is 181 Å². The highest BCUT2D eigenvalue weighted by Gasteiger charge is 2.34. The molecule has 0 saturated carbocycles. The van der Waals surface area contributed by atoms with Gasteiger partial charge in [0, 0.05) is 16.9 Å². The molecule has 0 aromatic heterocycles. The zero-order valence-corrected chi connectivity index (χ0v) is 18.1. The van der Waals surface area contributed by atoms with Gasteiger partial charge in [0.2, 0.25) is 5.91 Å². The summed E-state index contributed by atoms with van der Waals surface area (Å²) in [6.45, 7) is 6.02. The highest BCUT2D eigenvalue weighted by atomic mass is 32.2. The van der Waals surface area contributed by atoms with Crippen molar-refractivity contribution >= 4 is 35.0 Å². The lowest BCUT2D eigenvalue weighted by Gasteiger charge is -2.26. The van der Waals surface area contributed by atoms with Gasteiger partial charge in [-0.1, -0.05) is 48.0 Å². The first-order valence-electron chi connectivity index (χ1n) is 9.92. The third-order valence-electron chi connectivity index (χ3n) is 5.32. The molecule has 5 heteroatoms. The maximum Gasteiger partial charge on any atom is 0.255 e. The van der Waals surface area contributed by atoms with Crippen molar-refractivity contribution in [2.45, 2.75) is 26.1 Å². The first-order chi connectivity index (χ1) is 14.4. The number of amides is 2. The van der Waals surface area contributed by atoms with Crippen molar-refractivity contribution < 1.29 is 9.59 Å². The van der Waals surface area contributed by atoms with Gasteiger partial charge in [0.15, 0.2) is 0 Å². The fraction of sp³-hybridized carbons (Fsp3) is 0.200. The number of benzene rings is 3. The first-order valence-corrected chi connectivity index (χ1v) is 11.0. The number of rotatable bonds is 4. The Bertz CT molecular complexity index is 1110. The van der Waals surface area contributed by atoms with E-state index < -0.39 is 0 Å². The molecular weight excluding hydrogens is 392 g/mol. The molecule has 1 fully saturated rings. The highest BCUT2D eigenvalue weighted by Crippen LogP contribution is 2.43. The van der Waals surface area contributed by atoms with Crippen LogP contribution < -0.4 is 10.2 Å². The Hall–Kier alpha value is -3.05. The molecule has 0 radical (unpaired) electrons. The van der Waals surface area contributed by atoms with Crippen molar-refractivity contribution in [2.75, 3.05) is 16.0 Å². The van der Waals surface area contributed by atoms with Crippen molar-refractivity contribution in [3.8, 4) is 0 Å². The summed E-state index contributed by atoms with van der Waals surface area (Å²) in [4.78, 5) is 27.1. The molecule has 4 rings (SSSR count). The van der Waals surface area contributed by atoms with Crippen LogP contribution in [-0.4, -0.2) is 17.6 Å². The van der Waals surface area contributed by atoms with Crippen molar-refractivity contribution in [2.24, 2.45) is 0 Å². The average molecular weight is 417 g/mol. The van der Waals surface area contributed by atoms with Crippen molar-refractivity contribution in [3.05, 3.63) is 94.5 Å². The molecule has 1 aliphatic rings.